The number of nitrogens with zero attached hydrogens (tertiary/aromatic N) is 1. The molecule has 0 radical (unpaired) electrons. The summed E-state index contributed by atoms with van der Waals surface area (Å²) in [6.45, 7) is 0.664. The summed E-state index contributed by atoms with van der Waals surface area (Å²) in [6, 6.07) is 1.41. The van der Waals surface area contributed by atoms with E-state index >= 15 is 0 Å². The van der Waals surface area contributed by atoms with Gasteiger partial charge in [-0.3, -0.25) is 4.79 Å². The van der Waals surface area contributed by atoms with Gasteiger partial charge in [-0.05, 0) is 24.8 Å². The minimum absolute atomic E-state index is 0.199. The van der Waals surface area contributed by atoms with Crippen LogP contribution >= 0.6 is 34.8 Å². The molecular formula is C13H14Cl3NO3. The summed E-state index contributed by atoms with van der Waals surface area (Å²) in [4.78, 5) is 23.7. The van der Waals surface area contributed by atoms with Gasteiger partial charge in [0.15, 0.2) is 0 Å². The maximum absolute atomic E-state index is 12.0. The molecule has 1 heterocycles. The number of carbonyl (C=O) groups is 2. The van der Waals surface area contributed by atoms with Crippen LogP contribution in [0.25, 0.3) is 0 Å². The van der Waals surface area contributed by atoms with E-state index in [0.29, 0.717) is 18.2 Å². The quantitative estimate of drug-likeness (QED) is 0.478. The Morgan fingerprint density at radius 3 is 2.50 bits per heavy atom. The minimum Gasteiger partial charge on any atom is -0.464 e. The third kappa shape index (κ3) is 3.30. The van der Waals surface area contributed by atoms with Gasteiger partial charge in [0.05, 0.1) is 7.11 Å². The Hall–Kier alpha value is -0.710. The van der Waals surface area contributed by atoms with Crippen molar-refractivity contribution in [1.29, 1.82) is 0 Å². The van der Waals surface area contributed by atoms with E-state index in [-0.39, 0.29) is 5.56 Å². The molecule has 0 aliphatic heterocycles. The van der Waals surface area contributed by atoms with E-state index in [9.17, 15) is 9.59 Å². The maximum Gasteiger partial charge on any atom is 0.354 e. The number of halogens is 3. The van der Waals surface area contributed by atoms with Gasteiger partial charge >= 0.3 is 5.97 Å². The lowest BCUT2D eigenvalue weighted by Crippen LogP contribution is -2.20. The molecule has 110 valence electrons. The number of alkyl halides is 3. The molecule has 1 saturated carbocycles. The zero-order chi connectivity index (χ0) is 14.9. The summed E-state index contributed by atoms with van der Waals surface area (Å²) in [5.74, 6) is -0.644. The van der Waals surface area contributed by atoms with Crippen molar-refractivity contribution in [2.75, 3.05) is 7.11 Å². The average molecular weight is 339 g/mol. The molecule has 0 spiro atoms. The molecule has 1 aliphatic rings. The van der Waals surface area contributed by atoms with Crippen LogP contribution in [0.2, 0.25) is 0 Å². The molecule has 20 heavy (non-hydrogen) atoms. The standard InChI is InChI=1S/C13H14Cl3NO3/c1-20-12(19)10-5-9(11(18)13(14,15)16)7-17(10)6-8-3-2-4-8/h5,7-8H,2-4,6H2,1H3. The zero-order valence-corrected chi connectivity index (χ0v) is 13.1. The maximum atomic E-state index is 12.0. The fraction of sp³-hybridized carbons (Fsp3) is 0.538. The lowest BCUT2D eigenvalue weighted by Gasteiger charge is -2.26. The smallest absolute Gasteiger partial charge is 0.354 e. The van der Waals surface area contributed by atoms with Gasteiger partial charge in [0, 0.05) is 18.3 Å². The third-order valence-electron chi connectivity index (χ3n) is 3.49. The van der Waals surface area contributed by atoms with Crippen molar-refractivity contribution >= 4 is 46.6 Å². The predicted molar refractivity (Wildman–Crippen MR) is 77.7 cm³/mol. The monoisotopic (exact) mass is 337 g/mol. The first-order valence-electron chi connectivity index (χ1n) is 6.23. The number of carbonyl (C=O) groups excluding carboxylic acids is 2. The van der Waals surface area contributed by atoms with E-state index in [1.807, 2.05) is 0 Å². The van der Waals surface area contributed by atoms with E-state index < -0.39 is 15.5 Å². The lowest BCUT2D eigenvalue weighted by atomic mass is 9.85. The van der Waals surface area contributed by atoms with Crippen molar-refractivity contribution in [2.45, 2.75) is 29.6 Å². The molecule has 0 N–H and O–H groups in total. The Morgan fingerprint density at radius 2 is 2.05 bits per heavy atom. The number of aromatic nitrogens is 1. The van der Waals surface area contributed by atoms with Crippen LogP contribution in [0.15, 0.2) is 12.3 Å². The highest BCUT2D eigenvalue weighted by Crippen LogP contribution is 2.32. The summed E-state index contributed by atoms with van der Waals surface area (Å²) in [5, 5.41) is 0. The number of hydrogen-bond acceptors (Lipinski definition) is 3. The molecular weight excluding hydrogens is 325 g/mol. The molecule has 2 rings (SSSR count). The normalized spacial score (nSPS) is 15.8. The van der Waals surface area contributed by atoms with Gasteiger partial charge in [-0.15, -0.1) is 0 Å². The molecule has 1 aromatic heterocycles. The molecule has 1 fully saturated rings. The summed E-state index contributed by atoms with van der Waals surface area (Å²) < 4.78 is 4.39. The van der Waals surface area contributed by atoms with Gasteiger partial charge in [-0.1, -0.05) is 41.2 Å². The highest BCUT2D eigenvalue weighted by molar-refractivity contribution is 6.77. The van der Waals surface area contributed by atoms with Crippen LogP contribution in [-0.4, -0.2) is 27.2 Å². The van der Waals surface area contributed by atoms with Gasteiger partial charge < -0.3 is 9.30 Å². The predicted octanol–water partition coefficient (Wildman–Crippen LogP) is 3.63. The van der Waals surface area contributed by atoms with Crippen molar-refractivity contribution in [3.63, 3.8) is 0 Å². The highest BCUT2D eigenvalue weighted by Gasteiger charge is 2.34. The largest absolute Gasteiger partial charge is 0.464 e. The number of ether oxygens (including phenoxy) is 1. The summed E-state index contributed by atoms with van der Waals surface area (Å²) in [6.07, 6.45) is 4.98. The zero-order valence-electron chi connectivity index (χ0n) is 10.9. The van der Waals surface area contributed by atoms with Crippen LogP contribution < -0.4 is 0 Å². The Bertz CT molecular complexity index is 529. The Kier molecular flexibility index (Phi) is 4.67. The van der Waals surface area contributed by atoms with Crippen LogP contribution in [0.1, 0.15) is 40.1 Å². The Morgan fingerprint density at radius 1 is 1.40 bits per heavy atom. The molecule has 1 aromatic rings. The van der Waals surface area contributed by atoms with Crippen LogP contribution in [-0.2, 0) is 11.3 Å². The van der Waals surface area contributed by atoms with E-state index in [1.165, 1.54) is 19.6 Å². The van der Waals surface area contributed by atoms with E-state index in [2.05, 4.69) is 0 Å². The molecule has 4 nitrogen and oxygen atoms in total. The summed E-state index contributed by atoms with van der Waals surface area (Å²) in [5.41, 5.74) is 0.502. The van der Waals surface area contributed by atoms with Gasteiger partial charge in [0.2, 0.25) is 5.78 Å². The average Bonchev–Trinajstić information content (AvgIpc) is 2.74. The second-order valence-electron chi connectivity index (χ2n) is 4.88. The number of rotatable bonds is 4. The number of esters is 1. The van der Waals surface area contributed by atoms with E-state index in [0.717, 1.165) is 12.8 Å². The van der Waals surface area contributed by atoms with E-state index in [1.54, 1.807) is 10.8 Å². The highest BCUT2D eigenvalue weighted by atomic mass is 35.6. The molecule has 0 bridgehead atoms. The minimum atomic E-state index is -2.03. The molecule has 0 unspecified atom stereocenters. The molecule has 7 heteroatoms. The second-order valence-corrected chi connectivity index (χ2v) is 7.16. The molecule has 0 amide bonds. The van der Waals surface area contributed by atoms with Crippen molar-refractivity contribution in [3.05, 3.63) is 23.5 Å². The SMILES string of the molecule is COC(=O)c1cc(C(=O)C(Cl)(Cl)Cl)cn1CC1CCC1. The second kappa shape index (κ2) is 5.96. The van der Waals surface area contributed by atoms with Crippen LogP contribution in [0.3, 0.4) is 0 Å². The molecule has 0 saturated heterocycles. The topological polar surface area (TPSA) is 48.3 Å². The first-order valence-corrected chi connectivity index (χ1v) is 7.36. The van der Waals surface area contributed by atoms with Crippen LogP contribution in [0, 0.1) is 5.92 Å². The first-order chi connectivity index (χ1) is 9.32. The molecule has 0 atom stereocenters. The van der Waals surface area contributed by atoms with Gasteiger partial charge in [0.25, 0.3) is 3.79 Å². The molecule has 1 aliphatic carbocycles. The Balaban J connectivity index is 2.30. The third-order valence-corrected chi connectivity index (χ3v) is 4.01. The van der Waals surface area contributed by atoms with Gasteiger partial charge in [-0.2, -0.15) is 0 Å². The fourth-order valence-electron chi connectivity index (χ4n) is 2.18. The lowest BCUT2D eigenvalue weighted by molar-refractivity contribution is 0.0586. The van der Waals surface area contributed by atoms with Crippen LogP contribution in [0.5, 0.6) is 0 Å². The van der Waals surface area contributed by atoms with Gasteiger partial charge in [-0.25, -0.2) is 4.79 Å². The van der Waals surface area contributed by atoms with E-state index in [4.69, 9.17) is 39.5 Å². The van der Waals surface area contributed by atoms with Crippen molar-refractivity contribution in [2.24, 2.45) is 5.92 Å². The Labute approximate surface area is 131 Å². The first kappa shape index (κ1) is 15.7. The van der Waals surface area contributed by atoms with Crippen molar-refractivity contribution < 1.29 is 14.3 Å². The summed E-state index contributed by atoms with van der Waals surface area (Å²) >= 11 is 16.8. The molecule has 0 aromatic carbocycles. The number of hydrogen-bond donors (Lipinski definition) is 0. The van der Waals surface area contributed by atoms with Crippen molar-refractivity contribution in [1.82, 2.24) is 4.57 Å². The number of methoxy groups -OCH3 is 1. The van der Waals surface area contributed by atoms with Crippen LogP contribution in [0.4, 0.5) is 0 Å². The number of ketones is 1. The summed E-state index contributed by atoms with van der Waals surface area (Å²) in [7, 11) is 1.29. The fourth-order valence-corrected chi connectivity index (χ4v) is 2.51. The van der Waals surface area contributed by atoms with Crippen molar-refractivity contribution in [3.8, 4) is 0 Å². The van der Waals surface area contributed by atoms with Gasteiger partial charge in [0.1, 0.15) is 5.69 Å². The number of Topliss-reactive ketones (excluding diaryl/α,β-unsaturated/α-hetero) is 1.